The van der Waals surface area contributed by atoms with Crippen LogP contribution in [0.4, 0.5) is 0 Å². The first-order valence-electron chi connectivity index (χ1n) is 41.2. The van der Waals surface area contributed by atoms with Crippen LogP contribution in [-0.2, 0) is 65.4 Å². The molecule has 0 aromatic carbocycles. The maximum atomic E-state index is 13.1. The first kappa shape index (κ1) is 97.5. The van der Waals surface area contributed by atoms with Crippen molar-refractivity contribution in [3.8, 4) is 0 Å². The molecule has 0 heterocycles. The molecule has 3 N–H and O–H groups in total. The predicted octanol–water partition coefficient (Wildman–Crippen LogP) is 23.7. The van der Waals surface area contributed by atoms with Gasteiger partial charge in [0.15, 0.2) is 12.2 Å². The number of aliphatic hydroxyl groups excluding tert-OH is 1. The summed E-state index contributed by atoms with van der Waals surface area (Å²) < 4.78 is 68.6. The second kappa shape index (κ2) is 70.8. The van der Waals surface area contributed by atoms with Crippen molar-refractivity contribution in [3.05, 3.63) is 24.3 Å². The number of carbonyl (C=O) groups excluding carboxylic acids is 4. The first-order chi connectivity index (χ1) is 48.3. The van der Waals surface area contributed by atoms with Gasteiger partial charge in [-0.1, -0.05) is 342 Å². The average molecular weight is 1460 g/mol. The van der Waals surface area contributed by atoms with Crippen molar-refractivity contribution in [3.63, 3.8) is 0 Å². The van der Waals surface area contributed by atoms with E-state index < -0.39 is 97.5 Å². The number of ether oxygens (including phenoxy) is 4. The zero-order chi connectivity index (χ0) is 73.7. The molecule has 0 aliphatic heterocycles. The number of rotatable bonds is 77. The minimum absolute atomic E-state index is 0.0838. The van der Waals surface area contributed by atoms with Gasteiger partial charge >= 0.3 is 39.5 Å². The van der Waals surface area contributed by atoms with Crippen molar-refractivity contribution < 1.29 is 80.2 Å². The molecule has 0 aromatic rings. The third kappa shape index (κ3) is 71.2. The molecule has 100 heavy (non-hydrogen) atoms. The van der Waals surface area contributed by atoms with Crippen LogP contribution in [0.25, 0.3) is 0 Å². The molecule has 0 aliphatic carbocycles. The molecule has 0 radical (unpaired) electrons. The summed E-state index contributed by atoms with van der Waals surface area (Å²) in [7, 11) is -9.93. The van der Waals surface area contributed by atoms with E-state index in [0.29, 0.717) is 31.6 Å². The fourth-order valence-corrected chi connectivity index (χ4v) is 13.5. The van der Waals surface area contributed by atoms with Crippen LogP contribution >= 0.6 is 15.6 Å². The van der Waals surface area contributed by atoms with Crippen LogP contribution in [0.2, 0.25) is 0 Å². The van der Waals surface area contributed by atoms with E-state index in [4.69, 9.17) is 37.0 Å². The van der Waals surface area contributed by atoms with Gasteiger partial charge in [0, 0.05) is 25.7 Å². The number of aliphatic hydroxyl groups is 1. The summed E-state index contributed by atoms with van der Waals surface area (Å²) in [5, 5.41) is 10.6. The standard InChI is InChI=1S/C81H154O17P2/c1-8-11-12-13-14-15-16-17-22-27-30-36-41-50-57-64-80(85)98-77(69-92-79(84)63-56-49-44-43-45-52-59-72(4)5)71-96-100(89,90)94-67-75(82)66-93-99(87,88)95-70-76(97-81(86)65-58-51-42-37-32-31-34-39-47-54-61-74(7)10-3)68-91-78(83)62-55-48-40-35-29-26-24-21-19-18-20-23-25-28-33-38-46-53-60-73(6)9-2/h15-17,22,72-77,82H,8-14,18-21,23-71H2,1-7H3,(H,87,88)(H,89,90)/b16-15-,22-17-/t73?,74?,75-,76-,77-/m1/s1. The number of unbranched alkanes of at least 4 members (excludes halogenated alkanes) is 40. The fraction of sp³-hybridized carbons (Fsp3) is 0.901. The molecule has 0 saturated heterocycles. The van der Waals surface area contributed by atoms with E-state index in [1.807, 2.05) is 0 Å². The Morgan fingerprint density at radius 3 is 0.890 bits per heavy atom. The smallest absolute Gasteiger partial charge is 0.462 e. The van der Waals surface area contributed by atoms with Crippen LogP contribution in [0.3, 0.4) is 0 Å². The average Bonchev–Trinajstić information content (AvgIpc) is 0.955. The van der Waals surface area contributed by atoms with Crippen molar-refractivity contribution >= 4 is 39.5 Å². The lowest BCUT2D eigenvalue weighted by Crippen LogP contribution is -2.30. The third-order valence-electron chi connectivity index (χ3n) is 19.0. The molecule has 0 aliphatic rings. The zero-order valence-electron chi connectivity index (χ0n) is 65.2. The van der Waals surface area contributed by atoms with Gasteiger partial charge in [-0.25, -0.2) is 9.13 Å². The first-order valence-corrected chi connectivity index (χ1v) is 44.2. The normalized spacial score (nSPS) is 14.7. The molecular weight excluding hydrogens is 1310 g/mol. The molecule has 0 spiro atoms. The Morgan fingerprint density at radius 2 is 0.590 bits per heavy atom. The van der Waals surface area contributed by atoms with Crippen LogP contribution in [0, 0.1) is 17.8 Å². The van der Waals surface area contributed by atoms with E-state index >= 15 is 0 Å². The predicted molar refractivity (Wildman–Crippen MR) is 409 cm³/mol. The van der Waals surface area contributed by atoms with E-state index in [1.165, 1.54) is 186 Å². The number of esters is 4. The van der Waals surface area contributed by atoms with E-state index in [9.17, 15) is 43.2 Å². The molecule has 0 saturated carbocycles. The van der Waals surface area contributed by atoms with Crippen LogP contribution < -0.4 is 0 Å². The Hall–Kier alpha value is -2.46. The van der Waals surface area contributed by atoms with Crippen molar-refractivity contribution in [2.24, 2.45) is 17.8 Å². The molecule has 0 rings (SSSR count). The highest BCUT2D eigenvalue weighted by Gasteiger charge is 2.30. The largest absolute Gasteiger partial charge is 0.472 e. The fourth-order valence-electron chi connectivity index (χ4n) is 11.9. The van der Waals surface area contributed by atoms with Gasteiger partial charge in [-0.3, -0.25) is 37.3 Å². The van der Waals surface area contributed by atoms with Crippen LogP contribution in [0.15, 0.2) is 24.3 Å². The summed E-state index contributed by atoms with van der Waals surface area (Å²) >= 11 is 0. The highest BCUT2D eigenvalue weighted by atomic mass is 31.2. The molecule has 17 nitrogen and oxygen atoms in total. The molecule has 590 valence electrons. The van der Waals surface area contributed by atoms with E-state index in [-0.39, 0.29) is 25.7 Å². The van der Waals surface area contributed by atoms with Crippen LogP contribution in [0.5, 0.6) is 0 Å². The summed E-state index contributed by atoms with van der Waals surface area (Å²) in [5.41, 5.74) is 0. The Balaban J connectivity index is 5.21. The summed E-state index contributed by atoms with van der Waals surface area (Å²) in [4.78, 5) is 72.9. The maximum absolute atomic E-state index is 13.1. The van der Waals surface area contributed by atoms with Gasteiger partial charge in [0.25, 0.3) is 0 Å². The zero-order valence-corrected chi connectivity index (χ0v) is 66.9. The maximum Gasteiger partial charge on any atom is 0.472 e. The lowest BCUT2D eigenvalue weighted by atomic mass is 9.99. The number of phosphoric acid groups is 2. The molecule has 0 bridgehead atoms. The second-order valence-corrected chi connectivity index (χ2v) is 32.3. The van der Waals surface area contributed by atoms with Gasteiger partial charge in [-0.15, -0.1) is 0 Å². The number of phosphoric ester groups is 2. The Kier molecular flexibility index (Phi) is 69.1. The van der Waals surface area contributed by atoms with Gasteiger partial charge < -0.3 is 33.8 Å². The quantitative estimate of drug-likeness (QED) is 0.0169. The van der Waals surface area contributed by atoms with E-state index in [2.05, 4.69) is 72.8 Å². The highest BCUT2D eigenvalue weighted by molar-refractivity contribution is 7.47. The monoisotopic (exact) mass is 1460 g/mol. The number of allylic oxidation sites excluding steroid dienone is 4. The minimum atomic E-state index is -4.97. The van der Waals surface area contributed by atoms with Gasteiger partial charge in [0.2, 0.25) is 0 Å². The van der Waals surface area contributed by atoms with Gasteiger partial charge in [-0.2, -0.15) is 0 Å². The Morgan fingerprint density at radius 1 is 0.330 bits per heavy atom. The second-order valence-electron chi connectivity index (χ2n) is 29.4. The highest BCUT2D eigenvalue weighted by Crippen LogP contribution is 2.45. The number of hydrogen-bond donors (Lipinski definition) is 3. The SMILES string of the molecule is CCCCCC/C=C\C=C/CCCCCCCC(=O)O[C@H](COC(=O)CCCCCCCCC(C)C)COP(=O)(O)OC[C@H](O)COP(=O)(O)OC[C@@H](COC(=O)CCCCCCCCCCCCCCCCCCCCC(C)CC)OC(=O)CCCCCCCCCCCCC(C)CC. The summed E-state index contributed by atoms with van der Waals surface area (Å²) in [5.74, 6) is 0.204. The Labute approximate surface area is 612 Å². The molecule has 4 unspecified atom stereocenters. The molecular formula is C81H154O17P2. The minimum Gasteiger partial charge on any atom is -0.462 e. The molecule has 0 amide bonds. The lowest BCUT2D eigenvalue weighted by molar-refractivity contribution is -0.161. The van der Waals surface area contributed by atoms with Crippen molar-refractivity contribution in [1.82, 2.24) is 0 Å². The van der Waals surface area contributed by atoms with Crippen LogP contribution in [0.1, 0.15) is 395 Å². The number of hydrogen-bond acceptors (Lipinski definition) is 15. The summed E-state index contributed by atoms with van der Waals surface area (Å²) in [6.45, 7) is 11.9. The lowest BCUT2D eigenvalue weighted by Gasteiger charge is -2.21. The van der Waals surface area contributed by atoms with Crippen molar-refractivity contribution in [2.45, 2.75) is 414 Å². The number of carbonyl (C=O) groups is 4. The Bertz CT molecular complexity index is 2040. The molecule has 0 fully saturated rings. The molecule has 7 atom stereocenters. The molecule has 19 heteroatoms. The van der Waals surface area contributed by atoms with Gasteiger partial charge in [-0.05, 0) is 69.1 Å². The van der Waals surface area contributed by atoms with Crippen LogP contribution in [-0.4, -0.2) is 96.7 Å². The van der Waals surface area contributed by atoms with Gasteiger partial charge in [0.05, 0.1) is 26.4 Å². The third-order valence-corrected chi connectivity index (χ3v) is 20.9. The molecule has 0 aromatic heterocycles. The van der Waals surface area contributed by atoms with E-state index in [0.717, 1.165) is 121 Å². The summed E-state index contributed by atoms with van der Waals surface area (Å²) in [6.07, 6.45) is 62.0. The topological polar surface area (TPSA) is 237 Å². The summed E-state index contributed by atoms with van der Waals surface area (Å²) in [6, 6.07) is 0. The van der Waals surface area contributed by atoms with Gasteiger partial charge in [0.1, 0.15) is 19.3 Å². The van der Waals surface area contributed by atoms with Crippen molar-refractivity contribution in [2.75, 3.05) is 39.6 Å². The van der Waals surface area contributed by atoms with Crippen molar-refractivity contribution in [1.29, 1.82) is 0 Å². The van der Waals surface area contributed by atoms with E-state index in [1.54, 1.807) is 0 Å².